The van der Waals surface area contributed by atoms with Crippen LogP contribution in [0.5, 0.6) is 5.75 Å². The summed E-state index contributed by atoms with van der Waals surface area (Å²) in [5.74, 6) is 0.874. The van der Waals surface area contributed by atoms with Gasteiger partial charge in [0, 0.05) is 4.47 Å². The van der Waals surface area contributed by atoms with Gasteiger partial charge in [-0.15, -0.1) is 0 Å². The van der Waals surface area contributed by atoms with Crippen LogP contribution in [0.15, 0.2) is 21.1 Å². The molecule has 0 fully saturated rings. The molecule has 0 aliphatic heterocycles. The van der Waals surface area contributed by atoms with Crippen LogP contribution in [-0.2, 0) is 6.42 Å². The van der Waals surface area contributed by atoms with Crippen molar-refractivity contribution in [3.05, 3.63) is 26.6 Å². The van der Waals surface area contributed by atoms with Crippen molar-refractivity contribution in [1.82, 2.24) is 5.32 Å². The summed E-state index contributed by atoms with van der Waals surface area (Å²) in [6.45, 7) is 0.962. The van der Waals surface area contributed by atoms with Gasteiger partial charge in [-0.3, -0.25) is 0 Å². The smallest absolute Gasteiger partial charge is 0.133 e. The number of halogens is 2. The molecule has 4 heteroatoms. The van der Waals surface area contributed by atoms with Gasteiger partial charge in [0.05, 0.1) is 11.6 Å². The minimum Gasteiger partial charge on any atom is -0.496 e. The normalized spacial score (nSPS) is 10.3. The third-order valence-electron chi connectivity index (χ3n) is 1.97. The van der Waals surface area contributed by atoms with E-state index in [0.717, 1.165) is 27.7 Å². The average molecular weight is 323 g/mol. The minimum absolute atomic E-state index is 0.874. The number of hydrogen-bond donors (Lipinski definition) is 1. The summed E-state index contributed by atoms with van der Waals surface area (Å²) in [7, 11) is 3.62. The standard InChI is InChI=1S/C10H13Br2NO/c1-13-4-3-7-5-10(14-2)9(12)6-8(7)11/h5-6,13H,3-4H2,1-2H3. The van der Waals surface area contributed by atoms with Gasteiger partial charge in [0.15, 0.2) is 0 Å². The van der Waals surface area contributed by atoms with Gasteiger partial charge in [0.2, 0.25) is 0 Å². The fourth-order valence-electron chi connectivity index (χ4n) is 1.18. The van der Waals surface area contributed by atoms with Crippen LogP contribution in [0.3, 0.4) is 0 Å². The average Bonchev–Trinajstić information content (AvgIpc) is 2.17. The van der Waals surface area contributed by atoms with E-state index in [2.05, 4.69) is 37.2 Å². The molecule has 0 aromatic heterocycles. The Morgan fingerprint density at radius 3 is 2.57 bits per heavy atom. The van der Waals surface area contributed by atoms with Crippen molar-refractivity contribution in [2.24, 2.45) is 0 Å². The van der Waals surface area contributed by atoms with Crippen LogP contribution in [0.4, 0.5) is 0 Å². The second kappa shape index (κ2) is 5.73. The topological polar surface area (TPSA) is 21.3 Å². The lowest BCUT2D eigenvalue weighted by atomic mass is 10.1. The summed E-state index contributed by atoms with van der Waals surface area (Å²) in [6.07, 6.45) is 0.987. The van der Waals surface area contributed by atoms with Crippen LogP contribution in [0.1, 0.15) is 5.56 Å². The first-order valence-electron chi connectivity index (χ1n) is 4.35. The molecular weight excluding hydrogens is 310 g/mol. The summed E-state index contributed by atoms with van der Waals surface area (Å²) in [5.41, 5.74) is 1.25. The molecule has 0 saturated heterocycles. The van der Waals surface area contributed by atoms with E-state index in [4.69, 9.17) is 4.74 Å². The molecule has 0 saturated carbocycles. The highest BCUT2D eigenvalue weighted by molar-refractivity contribution is 9.11. The molecular formula is C10H13Br2NO. The maximum atomic E-state index is 5.23. The van der Waals surface area contributed by atoms with Crippen LogP contribution in [0.25, 0.3) is 0 Å². The van der Waals surface area contributed by atoms with Crippen molar-refractivity contribution in [3.8, 4) is 5.75 Å². The van der Waals surface area contributed by atoms with E-state index in [1.54, 1.807) is 7.11 Å². The molecule has 0 unspecified atom stereocenters. The quantitative estimate of drug-likeness (QED) is 0.920. The van der Waals surface area contributed by atoms with E-state index < -0.39 is 0 Å². The Morgan fingerprint density at radius 1 is 1.29 bits per heavy atom. The molecule has 0 amide bonds. The highest BCUT2D eigenvalue weighted by Crippen LogP contribution is 2.31. The summed E-state index contributed by atoms with van der Waals surface area (Å²) >= 11 is 6.97. The first kappa shape index (κ1) is 12.0. The van der Waals surface area contributed by atoms with Gasteiger partial charge in [-0.2, -0.15) is 0 Å². The number of benzene rings is 1. The highest BCUT2D eigenvalue weighted by Gasteiger charge is 2.06. The van der Waals surface area contributed by atoms with Crippen LogP contribution in [0, 0.1) is 0 Å². The van der Waals surface area contributed by atoms with E-state index in [0.29, 0.717) is 0 Å². The monoisotopic (exact) mass is 321 g/mol. The lowest BCUT2D eigenvalue weighted by Gasteiger charge is -2.09. The van der Waals surface area contributed by atoms with E-state index in [-0.39, 0.29) is 0 Å². The summed E-state index contributed by atoms with van der Waals surface area (Å²) in [5, 5.41) is 3.12. The second-order valence-corrected chi connectivity index (χ2v) is 4.64. The molecule has 1 aromatic rings. The van der Waals surface area contributed by atoms with E-state index >= 15 is 0 Å². The van der Waals surface area contributed by atoms with Gasteiger partial charge in [0.25, 0.3) is 0 Å². The maximum Gasteiger partial charge on any atom is 0.133 e. The Bertz CT molecular complexity index is 315. The summed E-state index contributed by atoms with van der Waals surface area (Å²) in [4.78, 5) is 0. The van der Waals surface area contributed by atoms with Crippen LogP contribution in [-0.4, -0.2) is 20.7 Å². The van der Waals surface area contributed by atoms with Crippen molar-refractivity contribution >= 4 is 31.9 Å². The lowest BCUT2D eigenvalue weighted by molar-refractivity contribution is 0.411. The molecule has 1 rings (SSSR count). The number of nitrogens with one attached hydrogen (secondary N) is 1. The van der Waals surface area contributed by atoms with Gasteiger partial charge in [-0.25, -0.2) is 0 Å². The van der Waals surface area contributed by atoms with Crippen molar-refractivity contribution in [2.45, 2.75) is 6.42 Å². The highest BCUT2D eigenvalue weighted by atomic mass is 79.9. The predicted octanol–water partition coefficient (Wildman–Crippen LogP) is 2.98. The molecule has 0 radical (unpaired) electrons. The second-order valence-electron chi connectivity index (χ2n) is 2.93. The SMILES string of the molecule is CNCCc1cc(OC)c(Br)cc1Br. The third kappa shape index (κ3) is 2.97. The van der Waals surface area contributed by atoms with Gasteiger partial charge < -0.3 is 10.1 Å². The van der Waals surface area contributed by atoms with E-state index in [1.165, 1.54) is 5.56 Å². The molecule has 0 aliphatic carbocycles. The summed E-state index contributed by atoms with van der Waals surface area (Å²) in [6, 6.07) is 4.06. The third-order valence-corrected chi connectivity index (χ3v) is 3.32. The van der Waals surface area contributed by atoms with Gasteiger partial charge in [-0.05, 0) is 53.6 Å². The molecule has 2 nitrogen and oxygen atoms in total. The first-order chi connectivity index (χ1) is 6.69. The first-order valence-corrected chi connectivity index (χ1v) is 5.94. The van der Waals surface area contributed by atoms with Crippen molar-refractivity contribution in [1.29, 1.82) is 0 Å². The van der Waals surface area contributed by atoms with E-state index in [9.17, 15) is 0 Å². The molecule has 1 aromatic carbocycles. The fraction of sp³-hybridized carbons (Fsp3) is 0.400. The number of ether oxygens (including phenoxy) is 1. The van der Waals surface area contributed by atoms with Crippen molar-refractivity contribution in [3.63, 3.8) is 0 Å². The number of methoxy groups -OCH3 is 1. The molecule has 0 spiro atoms. The van der Waals surface area contributed by atoms with Gasteiger partial charge in [0.1, 0.15) is 5.75 Å². The molecule has 0 atom stereocenters. The summed E-state index contributed by atoms with van der Waals surface area (Å²) < 4.78 is 7.32. The van der Waals surface area contributed by atoms with Crippen LogP contribution < -0.4 is 10.1 Å². The van der Waals surface area contributed by atoms with Crippen molar-refractivity contribution < 1.29 is 4.74 Å². The molecule has 0 bridgehead atoms. The maximum absolute atomic E-state index is 5.23. The molecule has 1 N–H and O–H groups in total. The Balaban J connectivity index is 2.92. The molecule has 0 aliphatic rings. The van der Waals surface area contributed by atoms with E-state index in [1.807, 2.05) is 19.2 Å². The van der Waals surface area contributed by atoms with Gasteiger partial charge in [-0.1, -0.05) is 15.9 Å². The minimum atomic E-state index is 0.874. The fourth-order valence-corrected chi connectivity index (χ4v) is 2.53. The Kier molecular flexibility index (Phi) is 4.92. The zero-order valence-corrected chi connectivity index (χ0v) is 11.4. The van der Waals surface area contributed by atoms with Gasteiger partial charge >= 0.3 is 0 Å². The Hall–Kier alpha value is -0.0600. The Labute approximate surface area is 101 Å². The zero-order chi connectivity index (χ0) is 10.6. The zero-order valence-electron chi connectivity index (χ0n) is 8.23. The lowest BCUT2D eigenvalue weighted by Crippen LogP contribution is -2.10. The van der Waals surface area contributed by atoms with Crippen LogP contribution in [0.2, 0.25) is 0 Å². The molecule has 78 valence electrons. The van der Waals surface area contributed by atoms with Crippen LogP contribution >= 0.6 is 31.9 Å². The van der Waals surface area contributed by atoms with Crippen molar-refractivity contribution in [2.75, 3.05) is 20.7 Å². The largest absolute Gasteiger partial charge is 0.496 e. The number of likely N-dealkylation sites (N-methyl/N-ethyl adjacent to an activating group) is 1. The number of hydrogen-bond acceptors (Lipinski definition) is 2. The number of rotatable bonds is 4. The molecule has 0 heterocycles. The predicted molar refractivity (Wildman–Crippen MR) is 66.0 cm³/mol. The Morgan fingerprint density at radius 2 is 2.00 bits per heavy atom. The molecule has 14 heavy (non-hydrogen) atoms.